The summed E-state index contributed by atoms with van der Waals surface area (Å²) in [7, 11) is 0. The summed E-state index contributed by atoms with van der Waals surface area (Å²) in [5.74, 6) is -0.208. The standard InChI is InChI=1S/C15H13FN2OS2/c16-10-1-2-11-9(7-10)8-13(20-11)14-12(3-6-19)21-15-17-4-5-18(14)15/h1-2,7-8,19H,3-6H2. The molecule has 0 bridgehead atoms. The van der Waals surface area contributed by atoms with Crippen LogP contribution in [0, 0.1) is 5.82 Å². The van der Waals surface area contributed by atoms with Crippen molar-refractivity contribution in [2.45, 2.75) is 6.42 Å². The predicted octanol–water partition coefficient (Wildman–Crippen LogP) is 3.51. The van der Waals surface area contributed by atoms with E-state index in [0.717, 1.165) is 43.8 Å². The molecule has 3 nitrogen and oxygen atoms in total. The van der Waals surface area contributed by atoms with Crippen LogP contribution in [0.3, 0.4) is 0 Å². The van der Waals surface area contributed by atoms with Crippen molar-refractivity contribution >= 4 is 44.0 Å². The van der Waals surface area contributed by atoms with Crippen LogP contribution in [0.15, 0.2) is 34.2 Å². The average molecular weight is 320 g/mol. The molecule has 0 fully saturated rings. The molecule has 2 aliphatic rings. The minimum absolute atomic E-state index is 0.131. The number of aliphatic hydroxyl groups is 1. The zero-order valence-electron chi connectivity index (χ0n) is 11.2. The number of nitrogens with zero attached hydrogens (tertiary/aromatic N) is 2. The van der Waals surface area contributed by atoms with Gasteiger partial charge in [-0.2, -0.15) is 0 Å². The molecule has 2 aliphatic heterocycles. The maximum atomic E-state index is 13.4. The van der Waals surface area contributed by atoms with Crippen LogP contribution in [0.5, 0.6) is 0 Å². The van der Waals surface area contributed by atoms with Gasteiger partial charge in [0.05, 0.1) is 17.1 Å². The van der Waals surface area contributed by atoms with Crippen molar-refractivity contribution in [3.63, 3.8) is 0 Å². The molecule has 1 aromatic heterocycles. The number of hydrogen-bond donors (Lipinski definition) is 1. The van der Waals surface area contributed by atoms with Gasteiger partial charge in [0, 0.05) is 29.2 Å². The van der Waals surface area contributed by atoms with E-state index in [1.54, 1.807) is 29.2 Å². The van der Waals surface area contributed by atoms with E-state index in [0.29, 0.717) is 6.42 Å². The van der Waals surface area contributed by atoms with Gasteiger partial charge in [-0.25, -0.2) is 4.39 Å². The monoisotopic (exact) mass is 320 g/mol. The van der Waals surface area contributed by atoms with Crippen molar-refractivity contribution in [3.05, 3.63) is 39.9 Å². The highest BCUT2D eigenvalue weighted by Gasteiger charge is 2.33. The first kappa shape index (κ1) is 13.3. The molecule has 108 valence electrons. The molecule has 0 saturated heterocycles. The number of benzene rings is 1. The van der Waals surface area contributed by atoms with E-state index >= 15 is 0 Å². The van der Waals surface area contributed by atoms with Gasteiger partial charge in [0.25, 0.3) is 0 Å². The van der Waals surface area contributed by atoms with Crippen molar-refractivity contribution < 1.29 is 9.50 Å². The molecular weight excluding hydrogens is 307 g/mol. The smallest absolute Gasteiger partial charge is 0.168 e. The lowest BCUT2D eigenvalue weighted by molar-refractivity contribution is 0.301. The summed E-state index contributed by atoms with van der Waals surface area (Å²) in [6.07, 6.45) is 0.637. The van der Waals surface area contributed by atoms with Crippen molar-refractivity contribution in [1.29, 1.82) is 0 Å². The Kier molecular flexibility index (Phi) is 3.24. The summed E-state index contributed by atoms with van der Waals surface area (Å²) in [5.41, 5.74) is 1.15. The Morgan fingerprint density at radius 1 is 1.33 bits per heavy atom. The fourth-order valence-corrected chi connectivity index (χ4v) is 5.07. The largest absolute Gasteiger partial charge is 0.396 e. The molecular formula is C15H13FN2OS2. The van der Waals surface area contributed by atoms with Crippen LogP contribution in [-0.2, 0) is 0 Å². The highest BCUT2D eigenvalue weighted by Crippen LogP contribution is 2.45. The second kappa shape index (κ2) is 5.12. The third-order valence-corrected chi connectivity index (χ3v) is 5.90. The van der Waals surface area contributed by atoms with Gasteiger partial charge in [0.1, 0.15) is 5.82 Å². The molecule has 3 heterocycles. The molecule has 0 amide bonds. The molecule has 0 atom stereocenters. The molecule has 0 radical (unpaired) electrons. The number of hydrogen-bond acceptors (Lipinski definition) is 5. The number of rotatable bonds is 3. The van der Waals surface area contributed by atoms with Gasteiger partial charge in [-0.15, -0.1) is 11.3 Å². The van der Waals surface area contributed by atoms with Crippen LogP contribution >= 0.6 is 23.1 Å². The quantitative estimate of drug-likeness (QED) is 0.940. The van der Waals surface area contributed by atoms with E-state index in [1.807, 2.05) is 12.1 Å². The van der Waals surface area contributed by atoms with Crippen molar-refractivity contribution in [2.24, 2.45) is 4.99 Å². The fraction of sp³-hybridized carbons (Fsp3) is 0.267. The Balaban J connectivity index is 1.84. The Bertz CT molecular complexity index is 781. The van der Waals surface area contributed by atoms with Gasteiger partial charge < -0.3 is 10.0 Å². The van der Waals surface area contributed by atoms with Crippen LogP contribution in [0.25, 0.3) is 15.8 Å². The van der Waals surface area contributed by atoms with Crippen molar-refractivity contribution in [1.82, 2.24) is 4.90 Å². The number of aliphatic imine (C=N–C) groups is 1. The fourth-order valence-electron chi connectivity index (χ4n) is 2.70. The van der Waals surface area contributed by atoms with Gasteiger partial charge >= 0.3 is 0 Å². The van der Waals surface area contributed by atoms with E-state index in [9.17, 15) is 9.50 Å². The Morgan fingerprint density at radius 2 is 2.24 bits per heavy atom. The minimum atomic E-state index is -0.208. The summed E-state index contributed by atoms with van der Waals surface area (Å²) < 4.78 is 14.4. The zero-order valence-corrected chi connectivity index (χ0v) is 12.8. The highest BCUT2D eigenvalue weighted by molar-refractivity contribution is 8.17. The number of thioether (sulfide) groups is 1. The summed E-state index contributed by atoms with van der Waals surface area (Å²) in [6, 6.07) is 6.93. The molecule has 21 heavy (non-hydrogen) atoms. The number of fused-ring (bicyclic) bond motifs is 2. The summed E-state index contributed by atoms with van der Waals surface area (Å²) in [4.78, 5) is 9.00. The molecule has 0 unspecified atom stereocenters. The number of thiophene rings is 1. The molecule has 0 spiro atoms. The number of halogens is 1. The summed E-state index contributed by atoms with van der Waals surface area (Å²) in [6.45, 7) is 1.83. The third kappa shape index (κ3) is 2.18. The molecule has 4 rings (SSSR count). The molecule has 6 heteroatoms. The van der Waals surface area contributed by atoms with Crippen molar-refractivity contribution in [3.8, 4) is 0 Å². The Hall–Kier alpha value is -1.37. The lowest BCUT2D eigenvalue weighted by Crippen LogP contribution is -2.19. The topological polar surface area (TPSA) is 35.8 Å². The number of amidine groups is 1. The van der Waals surface area contributed by atoms with Crippen LogP contribution < -0.4 is 0 Å². The molecule has 1 aromatic carbocycles. The lowest BCUT2D eigenvalue weighted by atomic mass is 10.2. The second-order valence-electron chi connectivity index (χ2n) is 4.96. The first-order valence-corrected chi connectivity index (χ1v) is 8.43. The summed E-state index contributed by atoms with van der Waals surface area (Å²) in [5, 5.41) is 11.2. The van der Waals surface area contributed by atoms with Gasteiger partial charge in [0.15, 0.2) is 5.17 Å². The van der Waals surface area contributed by atoms with Gasteiger partial charge in [-0.1, -0.05) is 11.8 Å². The second-order valence-corrected chi connectivity index (χ2v) is 7.10. The summed E-state index contributed by atoms with van der Waals surface area (Å²) >= 11 is 3.32. The predicted molar refractivity (Wildman–Crippen MR) is 87.0 cm³/mol. The number of aliphatic hydroxyl groups excluding tert-OH is 1. The maximum Gasteiger partial charge on any atom is 0.168 e. The highest BCUT2D eigenvalue weighted by atomic mass is 32.2. The van der Waals surface area contributed by atoms with Gasteiger partial charge in [0.2, 0.25) is 0 Å². The average Bonchev–Trinajstić information content (AvgIpc) is 3.11. The van der Waals surface area contributed by atoms with Crippen LogP contribution in [0.2, 0.25) is 0 Å². The Morgan fingerprint density at radius 3 is 3.10 bits per heavy atom. The molecule has 0 aliphatic carbocycles. The van der Waals surface area contributed by atoms with Crippen LogP contribution in [-0.4, -0.2) is 34.9 Å². The van der Waals surface area contributed by atoms with Crippen LogP contribution in [0.1, 0.15) is 11.3 Å². The van der Waals surface area contributed by atoms with E-state index in [4.69, 9.17) is 0 Å². The van der Waals surface area contributed by atoms with E-state index in [-0.39, 0.29) is 12.4 Å². The lowest BCUT2D eigenvalue weighted by Gasteiger charge is -2.15. The van der Waals surface area contributed by atoms with E-state index < -0.39 is 0 Å². The van der Waals surface area contributed by atoms with Crippen molar-refractivity contribution in [2.75, 3.05) is 19.7 Å². The van der Waals surface area contributed by atoms with E-state index in [2.05, 4.69) is 9.89 Å². The SMILES string of the molecule is OCCC1=C(c2cc3cc(F)ccc3s2)N2CCN=C2S1. The van der Waals surface area contributed by atoms with Gasteiger partial charge in [-0.05, 0) is 29.7 Å². The first-order chi connectivity index (χ1) is 10.3. The zero-order chi connectivity index (χ0) is 14.4. The third-order valence-electron chi connectivity index (χ3n) is 3.60. The molecule has 0 saturated carbocycles. The first-order valence-electron chi connectivity index (χ1n) is 6.79. The maximum absolute atomic E-state index is 13.4. The van der Waals surface area contributed by atoms with Gasteiger partial charge in [-0.3, -0.25) is 4.99 Å². The minimum Gasteiger partial charge on any atom is -0.396 e. The molecule has 2 aromatic rings. The normalized spacial score (nSPS) is 17.8. The Labute approximate surface area is 129 Å². The van der Waals surface area contributed by atoms with Crippen LogP contribution in [0.4, 0.5) is 4.39 Å². The van der Waals surface area contributed by atoms with E-state index in [1.165, 1.54) is 6.07 Å². The molecule has 1 N–H and O–H groups in total.